The van der Waals surface area contributed by atoms with E-state index in [9.17, 15) is 13.2 Å². The minimum atomic E-state index is -3.80. The molecule has 10 heteroatoms. The van der Waals surface area contributed by atoms with Crippen molar-refractivity contribution < 1.29 is 22.7 Å². The van der Waals surface area contributed by atoms with Gasteiger partial charge in [-0.05, 0) is 91.9 Å². The van der Waals surface area contributed by atoms with Crippen LogP contribution in [0.25, 0.3) is 10.8 Å². The Morgan fingerprint density at radius 3 is 2.42 bits per heavy atom. The lowest BCUT2D eigenvalue weighted by Gasteiger charge is -2.23. The van der Waals surface area contributed by atoms with Gasteiger partial charge in [-0.1, -0.05) is 42.5 Å². The number of rotatable bonds is 12. The quantitative estimate of drug-likeness (QED) is 0.147. The van der Waals surface area contributed by atoms with Crippen LogP contribution in [0.4, 0.5) is 11.5 Å². The Hall–Kier alpha value is -5.09. The molecule has 5 rings (SSSR count). The van der Waals surface area contributed by atoms with E-state index in [-0.39, 0.29) is 28.3 Å². The molecule has 1 amide bonds. The average molecular weight is 625 g/mol. The van der Waals surface area contributed by atoms with Crippen molar-refractivity contribution in [1.29, 1.82) is 0 Å². The van der Waals surface area contributed by atoms with Crippen molar-refractivity contribution in [1.82, 2.24) is 10.3 Å². The minimum Gasteiger partial charge on any atom is -0.490 e. The summed E-state index contributed by atoms with van der Waals surface area (Å²) in [4.78, 5) is 18.4. The number of nitrogens with one attached hydrogen (secondary N) is 2. The second-order valence-corrected chi connectivity index (χ2v) is 12.6. The number of fused-ring (bicyclic) bond motifs is 1. The van der Waals surface area contributed by atoms with Crippen molar-refractivity contribution in [3.63, 3.8) is 0 Å². The number of benzene rings is 4. The Bertz CT molecular complexity index is 1910. The van der Waals surface area contributed by atoms with Crippen molar-refractivity contribution in [2.75, 3.05) is 17.7 Å². The molecule has 4 aromatic carbocycles. The van der Waals surface area contributed by atoms with Gasteiger partial charge in [-0.3, -0.25) is 4.79 Å². The number of aromatic nitrogens is 1. The number of carbonyl (C=O) groups excluding carboxylic acids is 1. The highest BCUT2D eigenvalue weighted by Gasteiger charge is 2.25. The summed E-state index contributed by atoms with van der Waals surface area (Å²) >= 11 is 0. The highest BCUT2D eigenvalue weighted by Crippen LogP contribution is 2.34. The number of nitrogens with two attached hydrogens (primary N) is 1. The summed E-state index contributed by atoms with van der Waals surface area (Å²) in [6, 6.07) is 26.9. The third-order valence-corrected chi connectivity index (χ3v) is 8.97. The highest BCUT2D eigenvalue weighted by atomic mass is 32.2. The van der Waals surface area contributed by atoms with Gasteiger partial charge in [0.1, 0.15) is 11.9 Å². The zero-order chi connectivity index (χ0) is 32.0. The maximum Gasteiger partial charge on any atom is 0.247 e. The Kier molecular flexibility index (Phi) is 9.53. The summed E-state index contributed by atoms with van der Waals surface area (Å²) < 4.78 is 38.8. The fraction of sp³-hybridized carbons (Fsp3) is 0.200. The number of nitrogen functional groups attached to an aromatic ring is 1. The molecule has 0 saturated heterocycles. The number of hydrogen-bond acceptors (Lipinski definition) is 8. The smallest absolute Gasteiger partial charge is 0.247 e. The second-order valence-electron chi connectivity index (χ2n) is 10.7. The van der Waals surface area contributed by atoms with E-state index in [1.54, 1.807) is 72.9 Å². The van der Waals surface area contributed by atoms with Crippen LogP contribution in [0, 0.1) is 0 Å². The van der Waals surface area contributed by atoms with Crippen molar-refractivity contribution >= 4 is 38.0 Å². The van der Waals surface area contributed by atoms with Crippen LogP contribution in [0.15, 0.2) is 113 Å². The van der Waals surface area contributed by atoms with Crippen molar-refractivity contribution in [2.24, 2.45) is 0 Å². The molecule has 9 nitrogen and oxygen atoms in total. The fourth-order valence-corrected chi connectivity index (χ4v) is 6.52. The summed E-state index contributed by atoms with van der Waals surface area (Å²) in [5.41, 5.74) is 7.83. The number of pyridine rings is 1. The van der Waals surface area contributed by atoms with Gasteiger partial charge in [-0.15, -0.1) is 0 Å². The van der Waals surface area contributed by atoms with E-state index in [2.05, 4.69) is 15.6 Å². The number of carbonyl (C=O) groups is 1. The molecule has 0 saturated carbocycles. The molecule has 0 spiro atoms. The van der Waals surface area contributed by atoms with Gasteiger partial charge in [0.05, 0.1) is 22.5 Å². The van der Waals surface area contributed by atoms with E-state index >= 15 is 0 Å². The van der Waals surface area contributed by atoms with Gasteiger partial charge < -0.3 is 25.8 Å². The number of nitrogens with zero attached hydrogens (tertiary/aromatic N) is 1. The van der Waals surface area contributed by atoms with Gasteiger partial charge in [0.25, 0.3) is 0 Å². The number of anilines is 2. The van der Waals surface area contributed by atoms with E-state index in [0.29, 0.717) is 40.7 Å². The van der Waals surface area contributed by atoms with Crippen LogP contribution in [0.3, 0.4) is 0 Å². The monoisotopic (exact) mass is 624 g/mol. The van der Waals surface area contributed by atoms with Crippen LogP contribution in [-0.2, 0) is 21.2 Å². The summed E-state index contributed by atoms with van der Waals surface area (Å²) in [5.74, 6) is 1.14. The first kappa shape index (κ1) is 31.3. The van der Waals surface area contributed by atoms with E-state index in [0.717, 1.165) is 10.8 Å². The van der Waals surface area contributed by atoms with Crippen molar-refractivity contribution in [3.05, 3.63) is 114 Å². The zero-order valence-corrected chi connectivity index (χ0v) is 26.2. The minimum absolute atomic E-state index is 0.00790. The Balaban J connectivity index is 1.48. The van der Waals surface area contributed by atoms with Crippen LogP contribution in [0.5, 0.6) is 11.5 Å². The molecule has 0 fully saturated rings. The molecule has 1 aromatic heterocycles. The number of ether oxygens (including phenoxy) is 2. The summed E-state index contributed by atoms with van der Waals surface area (Å²) in [6.07, 6.45) is 1.56. The largest absolute Gasteiger partial charge is 0.490 e. The first-order chi connectivity index (χ1) is 21.7. The first-order valence-corrected chi connectivity index (χ1v) is 16.2. The predicted molar refractivity (Wildman–Crippen MR) is 176 cm³/mol. The fourth-order valence-electron chi connectivity index (χ4n) is 5.00. The molecule has 1 heterocycles. The summed E-state index contributed by atoms with van der Waals surface area (Å²) in [6.45, 7) is 6.14. The number of hydrogen-bond donors (Lipinski definition) is 3. The first-order valence-electron chi connectivity index (χ1n) is 14.7. The van der Waals surface area contributed by atoms with Crippen molar-refractivity contribution in [3.8, 4) is 11.5 Å². The summed E-state index contributed by atoms with van der Waals surface area (Å²) in [7, 11) is -3.80. The summed E-state index contributed by atoms with van der Waals surface area (Å²) in [5, 5.41) is 7.98. The van der Waals surface area contributed by atoms with Gasteiger partial charge in [-0.25, -0.2) is 13.4 Å². The predicted octanol–water partition coefficient (Wildman–Crippen LogP) is 6.31. The van der Waals surface area contributed by atoms with E-state index < -0.39 is 15.9 Å². The molecular weight excluding hydrogens is 588 g/mol. The number of amides is 1. The normalized spacial score (nSPS) is 12.1. The lowest BCUT2D eigenvalue weighted by molar-refractivity contribution is -0.122. The molecule has 0 aliphatic carbocycles. The molecule has 1 unspecified atom stereocenters. The lowest BCUT2D eigenvalue weighted by atomic mass is 10.0. The molecule has 232 valence electrons. The van der Waals surface area contributed by atoms with Gasteiger partial charge in [-0.2, -0.15) is 0 Å². The SMILES string of the molecule is CCOc1cc(C(Nc2ccc3c(N)nccc3c2)C(=O)NCc2ccccc2S(=O)(=O)c2ccccc2)ccc1OC(C)C. The molecule has 0 bridgehead atoms. The maximum atomic E-state index is 14.0. The molecule has 1 atom stereocenters. The van der Waals surface area contributed by atoms with Gasteiger partial charge in [0, 0.05) is 23.8 Å². The topological polar surface area (TPSA) is 133 Å². The van der Waals surface area contributed by atoms with Crippen LogP contribution >= 0.6 is 0 Å². The molecule has 0 aliphatic rings. The molecule has 5 aromatic rings. The molecule has 4 N–H and O–H groups in total. The van der Waals surface area contributed by atoms with Crippen molar-refractivity contribution in [2.45, 2.75) is 49.3 Å². The zero-order valence-electron chi connectivity index (χ0n) is 25.4. The van der Waals surface area contributed by atoms with E-state index in [4.69, 9.17) is 15.2 Å². The second kappa shape index (κ2) is 13.7. The average Bonchev–Trinajstić information content (AvgIpc) is 3.04. The van der Waals surface area contributed by atoms with E-state index in [1.165, 1.54) is 0 Å². The van der Waals surface area contributed by atoms with Gasteiger partial charge in [0.2, 0.25) is 15.7 Å². The Labute approximate surface area is 263 Å². The standard InChI is InChI=1S/C35H36N4O5S/c1-4-43-31-21-25(14-17-30(31)44-23(2)3)33(39-27-15-16-29-24(20-27)18-19-37-34(29)36)35(40)38-22-26-10-8-9-13-32(26)45(41,42)28-11-6-5-7-12-28/h5-21,23,33,39H,4,22H2,1-3H3,(H2,36,37)(H,38,40). The number of sulfone groups is 1. The third kappa shape index (κ3) is 7.18. The Morgan fingerprint density at radius 2 is 1.67 bits per heavy atom. The Morgan fingerprint density at radius 1 is 0.911 bits per heavy atom. The molecule has 45 heavy (non-hydrogen) atoms. The van der Waals surface area contributed by atoms with Crippen LogP contribution < -0.4 is 25.8 Å². The molecule has 0 radical (unpaired) electrons. The van der Waals surface area contributed by atoms with E-state index in [1.807, 2.05) is 51.1 Å². The molecule has 0 aliphatic heterocycles. The van der Waals surface area contributed by atoms with Gasteiger partial charge >= 0.3 is 0 Å². The lowest BCUT2D eigenvalue weighted by Crippen LogP contribution is -2.33. The third-order valence-electron chi connectivity index (χ3n) is 7.10. The maximum absolute atomic E-state index is 14.0. The molecular formula is C35H36N4O5S. The van der Waals surface area contributed by atoms with Crippen LogP contribution in [-0.4, -0.2) is 32.0 Å². The van der Waals surface area contributed by atoms with Gasteiger partial charge in [0.15, 0.2) is 11.5 Å². The highest BCUT2D eigenvalue weighted by molar-refractivity contribution is 7.91. The van der Waals surface area contributed by atoms with Crippen LogP contribution in [0.2, 0.25) is 0 Å². The van der Waals surface area contributed by atoms with Crippen LogP contribution in [0.1, 0.15) is 37.9 Å².